The zero-order valence-corrected chi connectivity index (χ0v) is 11.0. The summed E-state index contributed by atoms with van der Waals surface area (Å²) in [5.41, 5.74) is 0.411. The SMILES string of the molecule is Cc1n[nH]c(C)c1S(=O)(=O)N[C@H](CC(=O)O)C(=O)O. The van der Waals surface area contributed by atoms with Crippen molar-refractivity contribution in [2.24, 2.45) is 0 Å². The van der Waals surface area contributed by atoms with Crippen molar-refractivity contribution in [1.82, 2.24) is 14.9 Å². The molecule has 0 bridgehead atoms. The predicted octanol–water partition coefficient (Wildman–Crippen LogP) is -0.767. The molecule has 1 atom stereocenters. The van der Waals surface area contributed by atoms with Crippen molar-refractivity contribution < 1.29 is 28.2 Å². The quantitative estimate of drug-likeness (QED) is 0.537. The van der Waals surface area contributed by atoms with E-state index >= 15 is 0 Å². The number of aryl methyl sites for hydroxylation is 2. The Kier molecular flexibility index (Phi) is 4.27. The maximum absolute atomic E-state index is 12.0. The van der Waals surface area contributed by atoms with Gasteiger partial charge in [-0.05, 0) is 13.8 Å². The second-order valence-corrected chi connectivity index (χ2v) is 5.52. The van der Waals surface area contributed by atoms with Crippen LogP contribution in [0.1, 0.15) is 17.8 Å². The van der Waals surface area contributed by atoms with Crippen LogP contribution in [0.4, 0.5) is 0 Å². The molecule has 106 valence electrons. The van der Waals surface area contributed by atoms with Crippen LogP contribution < -0.4 is 4.72 Å². The normalized spacial score (nSPS) is 13.2. The minimum atomic E-state index is -4.16. The molecular weight excluding hydrogens is 278 g/mol. The maximum Gasteiger partial charge on any atom is 0.322 e. The van der Waals surface area contributed by atoms with Crippen LogP contribution in [0.5, 0.6) is 0 Å². The first-order chi connectivity index (χ1) is 8.65. The van der Waals surface area contributed by atoms with Gasteiger partial charge in [0.25, 0.3) is 0 Å². The molecule has 9 nitrogen and oxygen atoms in total. The van der Waals surface area contributed by atoms with E-state index in [0.717, 1.165) is 0 Å². The number of aromatic amines is 1. The van der Waals surface area contributed by atoms with Crippen LogP contribution in [0.15, 0.2) is 4.90 Å². The number of nitrogens with one attached hydrogen (secondary N) is 2. The lowest BCUT2D eigenvalue weighted by molar-refractivity contribution is -0.145. The summed E-state index contributed by atoms with van der Waals surface area (Å²) in [6, 6.07) is -1.74. The molecule has 0 aliphatic rings. The number of carbonyl (C=O) groups is 2. The molecule has 0 fully saturated rings. The fourth-order valence-corrected chi connectivity index (χ4v) is 3.10. The van der Waals surface area contributed by atoms with Gasteiger partial charge in [-0.1, -0.05) is 0 Å². The highest BCUT2D eigenvalue weighted by Crippen LogP contribution is 2.17. The molecule has 0 amide bonds. The predicted molar refractivity (Wildman–Crippen MR) is 62.1 cm³/mol. The largest absolute Gasteiger partial charge is 0.481 e. The first-order valence-electron chi connectivity index (χ1n) is 5.13. The Morgan fingerprint density at radius 2 is 1.95 bits per heavy atom. The summed E-state index contributed by atoms with van der Waals surface area (Å²) in [4.78, 5) is 21.2. The number of hydrogen-bond acceptors (Lipinski definition) is 5. The van der Waals surface area contributed by atoms with E-state index in [9.17, 15) is 18.0 Å². The summed E-state index contributed by atoms with van der Waals surface area (Å²) in [5, 5.41) is 23.5. The number of carboxylic acids is 2. The molecule has 0 aliphatic heterocycles. The number of rotatable bonds is 6. The van der Waals surface area contributed by atoms with Crippen LogP contribution in [-0.4, -0.2) is 46.8 Å². The van der Waals surface area contributed by atoms with Crippen LogP contribution in [0.25, 0.3) is 0 Å². The Balaban J connectivity index is 3.08. The van der Waals surface area contributed by atoms with E-state index in [0.29, 0.717) is 0 Å². The minimum absolute atomic E-state index is 0.171. The number of aliphatic carboxylic acids is 2. The summed E-state index contributed by atoms with van der Waals surface area (Å²) >= 11 is 0. The van der Waals surface area contributed by atoms with Gasteiger partial charge in [-0.2, -0.15) is 9.82 Å². The number of aromatic nitrogens is 2. The molecule has 0 saturated carbocycles. The molecule has 19 heavy (non-hydrogen) atoms. The highest BCUT2D eigenvalue weighted by atomic mass is 32.2. The first-order valence-corrected chi connectivity index (χ1v) is 6.62. The van der Waals surface area contributed by atoms with E-state index in [-0.39, 0.29) is 16.3 Å². The van der Waals surface area contributed by atoms with Crippen molar-refractivity contribution in [2.75, 3.05) is 0 Å². The molecule has 1 rings (SSSR count). The molecule has 1 aromatic rings. The standard InChI is InChI=1S/C9H13N3O6S/c1-4-8(5(2)11-10-4)19(17,18)12-6(9(15)16)3-7(13)14/h6,12H,3H2,1-2H3,(H,10,11)(H,13,14)(H,15,16)/t6-/m1/s1. The second kappa shape index (κ2) is 5.36. The van der Waals surface area contributed by atoms with Crippen LogP contribution in [0.3, 0.4) is 0 Å². The molecule has 0 saturated heterocycles. The molecule has 0 aromatic carbocycles. The Morgan fingerprint density at radius 1 is 1.37 bits per heavy atom. The molecule has 0 aliphatic carbocycles. The van der Waals surface area contributed by atoms with Crippen LogP contribution in [-0.2, 0) is 19.6 Å². The highest BCUT2D eigenvalue weighted by Gasteiger charge is 2.30. The lowest BCUT2D eigenvalue weighted by atomic mass is 10.2. The summed E-state index contributed by atoms with van der Waals surface area (Å²) in [6.07, 6.45) is -0.857. The van der Waals surface area contributed by atoms with Crippen molar-refractivity contribution in [3.63, 3.8) is 0 Å². The molecule has 4 N–H and O–H groups in total. The third kappa shape index (κ3) is 3.51. The lowest BCUT2D eigenvalue weighted by Crippen LogP contribution is -2.42. The summed E-state index contributed by atoms with van der Waals surface area (Å²) in [7, 11) is -4.16. The van der Waals surface area contributed by atoms with Gasteiger partial charge in [0.1, 0.15) is 10.9 Å². The smallest absolute Gasteiger partial charge is 0.322 e. The number of nitrogens with zero attached hydrogens (tertiary/aromatic N) is 1. The first kappa shape index (κ1) is 15.1. The minimum Gasteiger partial charge on any atom is -0.481 e. The summed E-state index contributed by atoms with van der Waals surface area (Å²) in [5.74, 6) is -2.99. The molecule has 1 heterocycles. The average Bonchev–Trinajstić information content (AvgIpc) is 2.56. The fraction of sp³-hybridized carbons (Fsp3) is 0.444. The van der Waals surface area contributed by atoms with Crippen LogP contribution >= 0.6 is 0 Å². The van der Waals surface area contributed by atoms with Gasteiger partial charge in [-0.3, -0.25) is 14.7 Å². The summed E-state index contributed by atoms with van der Waals surface area (Å²) in [6.45, 7) is 2.90. The molecule has 10 heteroatoms. The van der Waals surface area contributed by atoms with Gasteiger partial charge in [-0.15, -0.1) is 0 Å². The van der Waals surface area contributed by atoms with E-state index in [1.165, 1.54) is 13.8 Å². The van der Waals surface area contributed by atoms with E-state index in [2.05, 4.69) is 10.2 Å². The van der Waals surface area contributed by atoms with Crippen molar-refractivity contribution >= 4 is 22.0 Å². The van der Waals surface area contributed by atoms with E-state index < -0.39 is 34.4 Å². The summed E-state index contributed by atoms with van der Waals surface area (Å²) < 4.78 is 25.8. The molecule has 0 spiro atoms. The van der Waals surface area contributed by atoms with Gasteiger partial charge in [0.15, 0.2) is 0 Å². The Morgan fingerprint density at radius 3 is 2.32 bits per heavy atom. The molecule has 1 aromatic heterocycles. The van der Waals surface area contributed by atoms with E-state index in [1.807, 2.05) is 4.72 Å². The van der Waals surface area contributed by atoms with Gasteiger partial charge in [0.2, 0.25) is 10.0 Å². The fourth-order valence-electron chi connectivity index (χ4n) is 1.54. The topological polar surface area (TPSA) is 149 Å². The number of carboxylic acid groups (broad SMARTS) is 2. The Hall–Kier alpha value is -1.94. The molecule has 0 unspecified atom stereocenters. The van der Waals surface area contributed by atoms with Gasteiger partial charge in [-0.25, -0.2) is 8.42 Å². The van der Waals surface area contributed by atoms with Crippen molar-refractivity contribution in [2.45, 2.75) is 31.2 Å². The zero-order chi connectivity index (χ0) is 14.8. The van der Waals surface area contributed by atoms with Crippen LogP contribution in [0.2, 0.25) is 0 Å². The van der Waals surface area contributed by atoms with Crippen molar-refractivity contribution in [3.8, 4) is 0 Å². The number of H-pyrrole nitrogens is 1. The van der Waals surface area contributed by atoms with Gasteiger partial charge in [0, 0.05) is 0 Å². The maximum atomic E-state index is 12.0. The average molecular weight is 291 g/mol. The van der Waals surface area contributed by atoms with E-state index in [1.54, 1.807) is 0 Å². The van der Waals surface area contributed by atoms with Crippen LogP contribution in [0, 0.1) is 13.8 Å². The lowest BCUT2D eigenvalue weighted by Gasteiger charge is -2.12. The van der Waals surface area contributed by atoms with Gasteiger partial charge < -0.3 is 10.2 Å². The van der Waals surface area contributed by atoms with Crippen molar-refractivity contribution in [1.29, 1.82) is 0 Å². The van der Waals surface area contributed by atoms with Crippen molar-refractivity contribution in [3.05, 3.63) is 11.4 Å². The number of sulfonamides is 1. The molecule has 0 radical (unpaired) electrons. The highest BCUT2D eigenvalue weighted by molar-refractivity contribution is 7.89. The zero-order valence-electron chi connectivity index (χ0n) is 10.2. The van der Waals surface area contributed by atoms with Gasteiger partial charge in [0.05, 0.1) is 17.8 Å². The second-order valence-electron chi connectivity index (χ2n) is 3.87. The number of hydrogen-bond donors (Lipinski definition) is 4. The van der Waals surface area contributed by atoms with E-state index in [4.69, 9.17) is 10.2 Å². The van der Waals surface area contributed by atoms with Gasteiger partial charge >= 0.3 is 11.9 Å². The monoisotopic (exact) mass is 291 g/mol. The Labute approximate surface area is 108 Å². The third-order valence-electron chi connectivity index (χ3n) is 2.30. The third-order valence-corrected chi connectivity index (χ3v) is 4.04. The Bertz CT molecular complexity index is 586. The molecular formula is C9H13N3O6S.